The van der Waals surface area contributed by atoms with E-state index in [0.717, 1.165) is 23.4 Å². The van der Waals surface area contributed by atoms with Crippen LogP contribution in [0, 0.1) is 0 Å². The minimum Gasteiger partial charge on any atom is -0.497 e. The van der Waals surface area contributed by atoms with E-state index < -0.39 is 0 Å². The van der Waals surface area contributed by atoms with E-state index in [-0.39, 0.29) is 5.78 Å². The summed E-state index contributed by atoms with van der Waals surface area (Å²) in [7, 11) is 3.64. The maximum Gasteiger partial charge on any atom is 0.190 e. The van der Waals surface area contributed by atoms with E-state index >= 15 is 0 Å². The van der Waals surface area contributed by atoms with Gasteiger partial charge in [0.15, 0.2) is 5.78 Å². The van der Waals surface area contributed by atoms with Crippen LogP contribution in [0.1, 0.15) is 16.7 Å². The van der Waals surface area contributed by atoms with Gasteiger partial charge in [-0.3, -0.25) is 9.69 Å². The Morgan fingerprint density at radius 2 is 1.53 bits per heavy atom. The Bertz CT molecular complexity index is 1010. The van der Waals surface area contributed by atoms with E-state index in [1.807, 2.05) is 85.9 Å². The molecule has 0 radical (unpaired) electrons. The maximum absolute atomic E-state index is 13.3. The molecule has 0 heterocycles. The van der Waals surface area contributed by atoms with Crippen molar-refractivity contribution in [2.75, 3.05) is 20.7 Å². The number of methoxy groups -OCH3 is 1. The number of ketones is 1. The zero-order chi connectivity index (χ0) is 21.3. The van der Waals surface area contributed by atoms with E-state index in [1.54, 1.807) is 7.11 Å². The number of Topliss-reactive ketones (excluding diaryl/α,β-unsaturated/α-hetero) is 1. The maximum atomic E-state index is 13.3. The number of hydrogen-bond donors (Lipinski definition) is 0. The van der Waals surface area contributed by atoms with Crippen LogP contribution in [0.3, 0.4) is 0 Å². The molecule has 0 aliphatic carbocycles. The normalized spacial score (nSPS) is 11.4. The topological polar surface area (TPSA) is 29.5 Å². The Morgan fingerprint density at radius 3 is 2.13 bits per heavy atom. The van der Waals surface area contributed by atoms with Crippen LogP contribution >= 0.6 is 0 Å². The third-order valence-electron chi connectivity index (χ3n) is 4.83. The lowest BCUT2D eigenvalue weighted by Gasteiger charge is -2.18. The third kappa shape index (κ3) is 5.79. The molecule has 3 nitrogen and oxygen atoms in total. The summed E-state index contributed by atoms with van der Waals surface area (Å²) >= 11 is 0. The lowest BCUT2D eigenvalue weighted by atomic mass is 9.95. The lowest BCUT2D eigenvalue weighted by molar-refractivity contribution is -0.110. The highest BCUT2D eigenvalue weighted by atomic mass is 16.5. The van der Waals surface area contributed by atoms with E-state index in [2.05, 4.69) is 23.6 Å². The number of benzene rings is 3. The van der Waals surface area contributed by atoms with Crippen molar-refractivity contribution in [1.82, 2.24) is 4.90 Å². The molecule has 152 valence electrons. The predicted octanol–water partition coefficient (Wildman–Crippen LogP) is 5.49. The number of carbonyl (C=O) groups excluding carboxylic acids is 1. The fourth-order valence-corrected chi connectivity index (χ4v) is 3.30. The van der Waals surface area contributed by atoms with Gasteiger partial charge >= 0.3 is 0 Å². The van der Waals surface area contributed by atoms with Crippen LogP contribution in [-0.2, 0) is 11.3 Å². The van der Waals surface area contributed by atoms with Gasteiger partial charge in [-0.05, 0) is 41.9 Å². The summed E-state index contributed by atoms with van der Waals surface area (Å²) in [5, 5.41) is 0. The Hall–Kier alpha value is -3.43. The highest BCUT2D eigenvalue weighted by Gasteiger charge is 2.17. The number of carbonyl (C=O) groups is 1. The van der Waals surface area contributed by atoms with Crippen LogP contribution in [0.15, 0.2) is 97.1 Å². The summed E-state index contributed by atoms with van der Waals surface area (Å²) in [6.07, 6.45) is 1.92. The van der Waals surface area contributed by atoms with Gasteiger partial charge in [-0.15, -0.1) is 0 Å². The first-order chi connectivity index (χ1) is 14.6. The molecule has 0 aliphatic rings. The highest BCUT2D eigenvalue weighted by molar-refractivity contribution is 6.32. The van der Waals surface area contributed by atoms with Gasteiger partial charge in [-0.1, -0.05) is 79.4 Å². The van der Waals surface area contributed by atoms with Gasteiger partial charge < -0.3 is 4.74 Å². The molecule has 3 heteroatoms. The van der Waals surface area contributed by atoms with Crippen molar-refractivity contribution < 1.29 is 9.53 Å². The lowest BCUT2D eigenvalue weighted by Crippen LogP contribution is -2.23. The fraction of sp³-hybridized carbons (Fsp3) is 0.148. The molecule has 30 heavy (non-hydrogen) atoms. The molecule has 0 atom stereocenters. The van der Waals surface area contributed by atoms with E-state index in [4.69, 9.17) is 4.74 Å². The second-order valence-corrected chi connectivity index (χ2v) is 7.29. The minimum atomic E-state index is -0.0445. The molecule has 0 aromatic heterocycles. The van der Waals surface area contributed by atoms with E-state index in [0.29, 0.717) is 17.7 Å². The number of ether oxygens (including phenoxy) is 1. The molecule has 3 aromatic carbocycles. The van der Waals surface area contributed by atoms with Crippen molar-refractivity contribution in [3.63, 3.8) is 0 Å². The van der Waals surface area contributed by atoms with Crippen molar-refractivity contribution >= 4 is 17.4 Å². The van der Waals surface area contributed by atoms with Gasteiger partial charge in [0.2, 0.25) is 0 Å². The first-order valence-electron chi connectivity index (χ1n) is 9.93. The van der Waals surface area contributed by atoms with Gasteiger partial charge in [0.05, 0.1) is 7.11 Å². The van der Waals surface area contributed by atoms with Gasteiger partial charge in [-0.2, -0.15) is 0 Å². The van der Waals surface area contributed by atoms with Gasteiger partial charge in [0, 0.05) is 24.2 Å². The highest BCUT2D eigenvalue weighted by Crippen LogP contribution is 2.23. The van der Waals surface area contributed by atoms with Gasteiger partial charge in [0.1, 0.15) is 5.75 Å². The van der Waals surface area contributed by atoms with Crippen LogP contribution in [0.25, 0.3) is 11.6 Å². The second-order valence-electron chi connectivity index (χ2n) is 7.29. The van der Waals surface area contributed by atoms with Crippen LogP contribution in [0.4, 0.5) is 0 Å². The zero-order valence-electron chi connectivity index (χ0n) is 17.5. The zero-order valence-corrected chi connectivity index (χ0v) is 17.5. The largest absolute Gasteiger partial charge is 0.497 e. The molecule has 0 unspecified atom stereocenters. The SMILES string of the molecule is C=C(CN(C)Cc1ccccc1)C(=O)/C(=C\c1ccc(OC)cc1)c1ccccc1. The molecule has 0 N–H and O–H groups in total. The Balaban J connectivity index is 1.80. The van der Waals surface area contributed by atoms with Crippen LogP contribution in [-0.4, -0.2) is 31.4 Å². The molecular formula is C27H27NO2. The standard InChI is InChI=1S/C27H27NO2/c1-21(19-28(2)20-23-10-6-4-7-11-23)27(29)26(24-12-8-5-9-13-24)18-22-14-16-25(30-3)17-15-22/h4-18H,1,19-20H2,2-3H3/b26-18-. The molecule has 0 amide bonds. The average molecular weight is 398 g/mol. The molecule has 0 saturated heterocycles. The number of hydrogen-bond acceptors (Lipinski definition) is 3. The monoisotopic (exact) mass is 397 g/mol. The third-order valence-corrected chi connectivity index (χ3v) is 4.83. The Kier molecular flexibility index (Phi) is 7.36. The van der Waals surface area contributed by atoms with Crippen LogP contribution < -0.4 is 4.74 Å². The molecule has 0 saturated carbocycles. The summed E-state index contributed by atoms with van der Waals surface area (Å²) in [5.74, 6) is 0.739. The van der Waals surface area contributed by atoms with Crippen molar-refractivity contribution in [3.05, 3.63) is 114 Å². The van der Waals surface area contributed by atoms with Gasteiger partial charge in [-0.25, -0.2) is 0 Å². The van der Waals surface area contributed by atoms with E-state index in [9.17, 15) is 4.79 Å². The Morgan fingerprint density at radius 1 is 0.933 bits per heavy atom. The summed E-state index contributed by atoms with van der Waals surface area (Å²) in [6.45, 7) is 5.36. The van der Waals surface area contributed by atoms with Crippen molar-refractivity contribution in [2.45, 2.75) is 6.54 Å². The summed E-state index contributed by atoms with van der Waals surface area (Å²) in [5.41, 5.74) is 4.23. The number of allylic oxidation sites excluding steroid dienone is 1. The molecule has 0 bridgehead atoms. The van der Waals surface area contributed by atoms with E-state index in [1.165, 1.54) is 5.56 Å². The molecule has 3 aromatic rings. The molecule has 0 spiro atoms. The van der Waals surface area contributed by atoms with Crippen LogP contribution in [0.5, 0.6) is 5.75 Å². The smallest absolute Gasteiger partial charge is 0.190 e. The second kappa shape index (κ2) is 10.4. The van der Waals surface area contributed by atoms with Crippen molar-refractivity contribution in [2.24, 2.45) is 0 Å². The molecule has 0 fully saturated rings. The van der Waals surface area contributed by atoms with Crippen LogP contribution in [0.2, 0.25) is 0 Å². The van der Waals surface area contributed by atoms with Crippen molar-refractivity contribution in [1.29, 1.82) is 0 Å². The minimum absolute atomic E-state index is 0.0445. The number of rotatable bonds is 9. The molecule has 0 aliphatic heterocycles. The fourth-order valence-electron chi connectivity index (χ4n) is 3.30. The quantitative estimate of drug-likeness (QED) is 0.353. The predicted molar refractivity (Wildman–Crippen MR) is 124 cm³/mol. The molecular weight excluding hydrogens is 370 g/mol. The summed E-state index contributed by atoms with van der Waals surface area (Å²) in [6, 6.07) is 27.6. The Labute approximate surface area is 178 Å². The summed E-state index contributed by atoms with van der Waals surface area (Å²) in [4.78, 5) is 15.4. The number of nitrogens with zero attached hydrogens (tertiary/aromatic N) is 1. The average Bonchev–Trinajstić information content (AvgIpc) is 2.78. The van der Waals surface area contributed by atoms with Crippen molar-refractivity contribution in [3.8, 4) is 5.75 Å². The number of likely N-dealkylation sites (N-methyl/N-ethyl adjacent to an activating group) is 1. The first-order valence-corrected chi connectivity index (χ1v) is 9.93. The molecule has 3 rings (SSSR count). The summed E-state index contributed by atoms with van der Waals surface area (Å²) < 4.78 is 5.23. The first kappa shape index (κ1) is 21.3. The van der Waals surface area contributed by atoms with Gasteiger partial charge in [0.25, 0.3) is 0 Å².